The molecule has 0 bridgehead atoms. The monoisotopic (exact) mass is 430 g/mol. The third-order valence-corrected chi connectivity index (χ3v) is 7.60. The maximum Gasteiger partial charge on any atom is 0.179 e. The van der Waals surface area contributed by atoms with Crippen LogP contribution in [0, 0.1) is 0 Å². The minimum Gasteiger partial charge on any atom is -0.377 e. The number of thiophene rings is 1. The van der Waals surface area contributed by atoms with Gasteiger partial charge in [0.1, 0.15) is 5.75 Å². The third-order valence-electron chi connectivity index (χ3n) is 3.06. The molecule has 19 heavy (non-hydrogen) atoms. The molecule has 2 atom stereocenters. The number of sulfone groups is 1. The Labute approximate surface area is 132 Å². The molecule has 0 N–H and O–H groups in total. The molecule has 1 aliphatic rings. The van der Waals surface area contributed by atoms with Crippen LogP contribution in [0.1, 0.15) is 23.7 Å². The van der Waals surface area contributed by atoms with E-state index in [1.807, 2.05) is 0 Å². The van der Waals surface area contributed by atoms with Gasteiger partial charge in [-0.15, -0.1) is 11.3 Å². The minimum absolute atomic E-state index is 0.338. The fraction of sp³-hybridized carbons (Fsp3) is 0.545. The molecule has 0 aromatic carbocycles. The van der Waals surface area contributed by atoms with E-state index in [0.717, 1.165) is 3.79 Å². The van der Waals surface area contributed by atoms with Gasteiger partial charge in [0, 0.05) is 12.2 Å². The summed E-state index contributed by atoms with van der Waals surface area (Å²) in [6.45, 7) is 2.17. The first-order valence-corrected chi connectivity index (χ1v) is 9.74. The highest BCUT2D eigenvalue weighted by molar-refractivity contribution is 9.12. The van der Waals surface area contributed by atoms with Gasteiger partial charge in [-0.05, 0) is 51.3 Å². The lowest BCUT2D eigenvalue weighted by atomic mass is 10.2. The molecule has 4 nitrogen and oxygen atoms in total. The van der Waals surface area contributed by atoms with Crippen molar-refractivity contribution in [2.45, 2.75) is 24.7 Å². The van der Waals surface area contributed by atoms with Crippen LogP contribution in [0.5, 0.6) is 0 Å². The number of Topliss-reactive ketones (excluding diaryl/α,β-unsaturated/α-hetero) is 1. The van der Waals surface area contributed by atoms with Crippen LogP contribution in [0.4, 0.5) is 0 Å². The van der Waals surface area contributed by atoms with Crippen molar-refractivity contribution in [3.63, 3.8) is 0 Å². The number of ether oxygens (including phenoxy) is 1. The lowest BCUT2D eigenvalue weighted by molar-refractivity contribution is 0.102. The predicted octanol–water partition coefficient (Wildman–Crippen LogP) is 3.05. The largest absolute Gasteiger partial charge is 0.377 e. The Bertz CT molecular complexity index is 594. The van der Waals surface area contributed by atoms with E-state index in [1.165, 1.54) is 11.3 Å². The molecule has 8 heteroatoms. The molecule has 0 amide bonds. The highest BCUT2D eigenvalue weighted by Crippen LogP contribution is 2.32. The van der Waals surface area contributed by atoms with E-state index >= 15 is 0 Å². The van der Waals surface area contributed by atoms with Gasteiger partial charge in [0.25, 0.3) is 0 Å². The van der Waals surface area contributed by atoms with Crippen LogP contribution in [0.2, 0.25) is 0 Å². The van der Waals surface area contributed by atoms with Gasteiger partial charge in [0.05, 0.1) is 18.9 Å². The van der Waals surface area contributed by atoms with Crippen LogP contribution >= 0.6 is 43.2 Å². The number of hydrogen-bond donors (Lipinski definition) is 0. The van der Waals surface area contributed by atoms with E-state index < -0.39 is 20.8 Å². The summed E-state index contributed by atoms with van der Waals surface area (Å²) in [5.74, 6) is -0.847. The van der Waals surface area contributed by atoms with E-state index in [0.29, 0.717) is 22.4 Å². The first kappa shape index (κ1) is 15.6. The molecule has 0 radical (unpaired) electrons. The van der Waals surface area contributed by atoms with Crippen molar-refractivity contribution >= 4 is 58.8 Å². The fourth-order valence-electron chi connectivity index (χ4n) is 2.08. The van der Waals surface area contributed by atoms with Gasteiger partial charge in [-0.3, -0.25) is 4.79 Å². The molecule has 0 aliphatic carbocycles. The summed E-state index contributed by atoms with van der Waals surface area (Å²) in [6, 6.07) is 1.64. The van der Waals surface area contributed by atoms with Gasteiger partial charge >= 0.3 is 0 Å². The quantitative estimate of drug-likeness (QED) is 0.687. The SMILES string of the molecule is CC1OCCC1S(=O)(=O)CC(=O)c1cc(Br)sc1Br. The van der Waals surface area contributed by atoms with Crippen LogP contribution < -0.4 is 0 Å². The van der Waals surface area contributed by atoms with Gasteiger partial charge in [-0.25, -0.2) is 8.42 Å². The second-order valence-electron chi connectivity index (χ2n) is 4.37. The fourth-order valence-corrected chi connectivity index (χ4v) is 6.79. The lowest BCUT2D eigenvalue weighted by Crippen LogP contribution is -2.32. The molecule has 0 saturated carbocycles. The molecule has 0 spiro atoms. The second kappa shape index (κ2) is 5.93. The standard InChI is InChI=1S/C11H12Br2O4S2/c1-6-9(2-3-17-6)19(15,16)5-8(14)7-4-10(12)18-11(7)13/h4,6,9H,2-3,5H2,1H3. The second-order valence-corrected chi connectivity index (χ2v) is 10.3. The van der Waals surface area contributed by atoms with Crippen molar-refractivity contribution in [1.82, 2.24) is 0 Å². The molecule has 2 heterocycles. The molecule has 106 valence electrons. The van der Waals surface area contributed by atoms with E-state index in [2.05, 4.69) is 31.9 Å². The summed E-state index contributed by atoms with van der Waals surface area (Å²) in [4.78, 5) is 12.1. The lowest BCUT2D eigenvalue weighted by Gasteiger charge is -2.14. The zero-order valence-electron chi connectivity index (χ0n) is 10.1. The number of rotatable bonds is 4. The van der Waals surface area contributed by atoms with Crippen LogP contribution in [0.25, 0.3) is 0 Å². The maximum atomic E-state index is 12.2. The summed E-state index contributed by atoms with van der Waals surface area (Å²) in [5.41, 5.74) is 0.409. The number of hydrogen-bond acceptors (Lipinski definition) is 5. The summed E-state index contributed by atoms with van der Waals surface area (Å²) >= 11 is 7.89. The van der Waals surface area contributed by atoms with Gasteiger partial charge in [-0.1, -0.05) is 0 Å². The van der Waals surface area contributed by atoms with Crippen molar-refractivity contribution < 1.29 is 17.9 Å². The van der Waals surface area contributed by atoms with E-state index in [9.17, 15) is 13.2 Å². The predicted molar refractivity (Wildman–Crippen MR) is 81.7 cm³/mol. The molecule has 1 saturated heterocycles. The Morgan fingerprint density at radius 3 is 2.68 bits per heavy atom. The Hall–Kier alpha value is 0.240. The Morgan fingerprint density at radius 2 is 2.21 bits per heavy atom. The first-order valence-electron chi connectivity index (χ1n) is 5.62. The first-order chi connectivity index (χ1) is 8.81. The summed E-state index contributed by atoms with van der Waals surface area (Å²) < 4.78 is 31.1. The molecule has 2 rings (SSSR count). The van der Waals surface area contributed by atoms with Gasteiger partial charge in [0.2, 0.25) is 0 Å². The van der Waals surface area contributed by atoms with Gasteiger partial charge in [-0.2, -0.15) is 0 Å². The van der Waals surface area contributed by atoms with Crippen molar-refractivity contribution in [1.29, 1.82) is 0 Å². The average Bonchev–Trinajstić information content (AvgIpc) is 2.84. The minimum atomic E-state index is -3.47. The maximum absolute atomic E-state index is 12.2. The summed E-state index contributed by atoms with van der Waals surface area (Å²) in [5, 5.41) is -0.572. The molecule has 1 fully saturated rings. The number of ketones is 1. The highest BCUT2D eigenvalue weighted by Gasteiger charge is 2.37. The molecular weight excluding hydrogens is 420 g/mol. The van der Waals surface area contributed by atoms with Gasteiger partial charge < -0.3 is 4.74 Å². The normalized spacial score (nSPS) is 23.7. The van der Waals surface area contributed by atoms with E-state index in [-0.39, 0.29) is 11.9 Å². The Morgan fingerprint density at radius 1 is 1.53 bits per heavy atom. The summed E-state index contributed by atoms with van der Waals surface area (Å²) in [7, 11) is -3.47. The molecule has 1 aromatic heterocycles. The summed E-state index contributed by atoms with van der Waals surface area (Å²) in [6.07, 6.45) is 0.126. The van der Waals surface area contributed by atoms with Crippen molar-refractivity contribution in [3.05, 3.63) is 19.2 Å². The van der Waals surface area contributed by atoms with E-state index in [4.69, 9.17) is 4.74 Å². The average molecular weight is 432 g/mol. The van der Waals surface area contributed by atoms with Crippen LogP contribution in [0.15, 0.2) is 13.6 Å². The Balaban J connectivity index is 2.16. The molecule has 2 unspecified atom stereocenters. The highest BCUT2D eigenvalue weighted by atomic mass is 79.9. The topological polar surface area (TPSA) is 60.4 Å². The molecule has 1 aliphatic heterocycles. The number of halogens is 2. The van der Waals surface area contributed by atoms with Crippen molar-refractivity contribution in [2.75, 3.05) is 12.4 Å². The van der Waals surface area contributed by atoms with E-state index in [1.54, 1.807) is 13.0 Å². The zero-order valence-corrected chi connectivity index (χ0v) is 14.9. The van der Waals surface area contributed by atoms with Crippen LogP contribution in [-0.2, 0) is 14.6 Å². The smallest absolute Gasteiger partial charge is 0.179 e. The molecular formula is C11H12Br2O4S2. The van der Waals surface area contributed by atoms with Crippen LogP contribution in [0.3, 0.4) is 0 Å². The third kappa shape index (κ3) is 3.47. The van der Waals surface area contributed by atoms with Crippen LogP contribution in [-0.4, -0.2) is 37.9 Å². The number of carbonyl (C=O) groups excluding carboxylic acids is 1. The van der Waals surface area contributed by atoms with Crippen molar-refractivity contribution in [2.24, 2.45) is 0 Å². The van der Waals surface area contributed by atoms with Gasteiger partial charge in [0.15, 0.2) is 15.6 Å². The Kier molecular flexibility index (Phi) is 4.88. The molecule has 1 aromatic rings. The van der Waals surface area contributed by atoms with Crippen molar-refractivity contribution in [3.8, 4) is 0 Å². The zero-order chi connectivity index (χ0) is 14.2. The number of carbonyl (C=O) groups is 1.